The van der Waals surface area contributed by atoms with Gasteiger partial charge in [0.2, 0.25) is 0 Å². The Morgan fingerprint density at radius 2 is 1.74 bits per heavy atom. The van der Waals surface area contributed by atoms with Crippen molar-refractivity contribution in [2.45, 2.75) is 36.6 Å². The number of thioether (sulfide) groups is 1. The zero-order valence-electron chi connectivity index (χ0n) is 13.4. The van der Waals surface area contributed by atoms with Gasteiger partial charge in [0, 0.05) is 17.3 Å². The average molecular weight is 331 g/mol. The Labute approximate surface area is 141 Å². The molecule has 2 nitrogen and oxygen atoms in total. The van der Waals surface area contributed by atoms with Gasteiger partial charge in [-0.3, -0.25) is 4.90 Å². The fourth-order valence-electron chi connectivity index (χ4n) is 3.19. The van der Waals surface area contributed by atoms with Gasteiger partial charge < -0.3 is 5.11 Å². The molecular formula is C19H22FNOS. The number of nitrogens with zero attached hydrogens (tertiary/aromatic N) is 1. The second kappa shape index (κ2) is 6.63. The largest absolute Gasteiger partial charge is 0.395 e. The minimum Gasteiger partial charge on any atom is -0.395 e. The summed E-state index contributed by atoms with van der Waals surface area (Å²) in [7, 11) is 0. The van der Waals surface area contributed by atoms with Crippen LogP contribution in [-0.2, 0) is 6.54 Å². The van der Waals surface area contributed by atoms with Crippen molar-refractivity contribution in [3.05, 3.63) is 71.5 Å². The minimum atomic E-state index is -0.219. The lowest BCUT2D eigenvalue weighted by Gasteiger charge is -2.31. The van der Waals surface area contributed by atoms with E-state index in [9.17, 15) is 9.50 Å². The first-order chi connectivity index (χ1) is 11.0. The molecule has 0 aromatic heterocycles. The highest BCUT2D eigenvalue weighted by Crippen LogP contribution is 2.52. The summed E-state index contributed by atoms with van der Waals surface area (Å²) in [5.74, 6) is -0.219. The van der Waals surface area contributed by atoms with Crippen LogP contribution in [0.15, 0.2) is 54.6 Å². The predicted octanol–water partition coefficient (Wildman–Crippen LogP) is 4.21. The number of hydrogen-bond acceptors (Lipinski definition) is 3. The molecule has 1 unspecified atom stereocenters. The monoisotopic (exact) mass is 331 g/mol. The van der Waals surface area contributed by atoms with E-state index in [1.807, 2.05) is 42.1 Å². The molecule has 1 N–H and O–H groups in total. The van der Waals surface area contributed by atoms with E-state index in [0.29, 0.717) is 6.54 Å². The molecule has 1 heterocycles. The van der Waals surface area contributed by atoms with Gasteiger partial charge in [0.15, 0.2) is 0 Å². The first-order valence-electron chi connectivity index (χ1n) is 7.85. The van der Waals surface area contributed by atoms with Crippen molar-refractivity contribution in [3.8, 4) is 0 Å². The molecule has 1 aliphatic heterocycles. The summed E-state index contributed by atoms with van der Waals surface area (Å²) in [5.41, 5.74) is 2.30. The molecule has 1 fully saturated rings. The molecule has 2 aromatic carbocycles. The maximum absolute atomic E-state index is 13.2. The Bertz CT molecular complexity index is 644. The highest BCUT2D eigenvalue weighted by Gasteiger charge is 2.47. The normalized spacial score (nSPS) is 24.0. The van der Waals surface area contributed by atoms with Gasteiger partial charge in [-0.2, -0.15) is 0 Å². The van der Waals surface area contributed by atoms with Crippen molar-refractivity contribution < 1.29 is 9.50 Å². The zero-order chi connectivity index (χ0) is 16.4. The Morgan fingerprint density at radius 1 is 1.09 bits per heavy atom. The summed E-state index contributed by atoms with van der Waals surface area (Å²) in [5, 5.41) is 10.1. The van der Waals surface area contributed by atoms with Crippen LogP contribution < -0.4 is 0 Å². The van der Waals surface area contributed by atoms with E-state index >= 15 is 0 Å². The summed E-state index contributed by atoms with van der Waals surface area (Å²) in [6, 6.07) is 17.1. The number of hydrogen-bond donors (Lipinski definition) is 1. The molecule has 23 heavy (non-hydrogen) atoms. The standard InChI is InChI=1S/C19H22FNOS/c1-19(2)17(13-22)21(12-14-8-10-16(20)11-9-14)18(23-19)15-6-4-3-5-7-15/h3-11,17-18,22H,12-13H2,1-2H3/t17-,18?/m0/s1. The van der Waals surface area contributed by atoms with Crippen molar-refractivity contribution in [3.63, 3.8) is 0 Å². The molecule has 0 radical (unpaired) electrons. The first-order valence-corrected chi connectivity index (χ1v) is 8.73. The second-order valence-corrected chi connectivity index (χ2v) is 8.22. The molecule has 0 spiro atoms. The Balaban J connectivity index is 1.92. The summed E-state index contributed by atoms with van der Waals surface area (Å²) in [6.45, 7) is 5.17. The van der Waals surface area contributed by atoms with Gasteiger partial charge in [-0.25, -0.2) is 4.39 Å². The van der Waals surface area contributed by atoms with E-state index in [4.69, 9.17) is 0 Å². The SMILES string of the molecule is CC1(C)SC(c2ccccc2)N(Cc2ccc(F)cc2)[C@H]1CO. The number of aliphatic hydroxyl groups excluding tert-OH is 1. The zero-order valence-corrected chi connectivity index (χ0v) is 14.3. The Morgan fingerprint density at radius 3 is 2.35 bits per heavy atom. The Kier molecular flexibility index (Phi) is 4.76. The lowest BCUT2D eigenvalue weighted by Crippen LogP contribution is -2.43. The average Bonchev–Trinajstić information content (AvgIpc) is 2.80. The summed E-state index contributed by atoms with van der Waals surface area (Å²) in [4.78, 5) is 2.33. The van der Waals surface area contributed by atoms with Gasteiger partial charge in [-0.05, 0) is 37.1 Å². The fraction of sp³-hybridized carbons (Fsp3) is 0.368. The van der Waals surface area contributed by atoms with Crippen molar-refractivity contribution >= 4 is 11.8 Å². The van der Waals surface area contributed by atoms with Crippen LogP contribution >= 0.6 is 11.8 Å². The molecule has 2 atom stereocenters. The molecule has 1 saturated heterocycles. The molecule has 0 saturated carbocycles. The summed E-state index contributed by atoms with van der Waals surface area (Å²) < 4.78 is 13.1. The van der Waals surface area contributed by atoms with Crippen molar-refractivity contribution in [1.82, 2.24) is 4.90 Å². The molecule has 122 valence electrons. The minimum absolute atomic E-state index is 0.0463. The molecule has 0 aliphatic carbocycles. The van der Waals surface area contributed by atoms with Crippen LogP contribution in [0.2, 0.25) is 0 Å². The first kappa shape index (κ1) is 16.5. The van der Waals surface area contributed by atoms with Crippen LogP contribution in [0.1, 0.15) is 30.3 Å². The smallest absolute Gasteiger partial charge is 0.123 e. The summed E-state index contributed by atoms with van der Waals surface area (Å²) >= 11 is 1.88. The van der Waals surface area contributed by atoms with Crippen LogP contribution in [0.3, 0.4) is 0 Å². The van der Waals surface area contributed by atoms with E-state index in [1.165, 1.54) is 17.7 Å². The van der Waals surface area contributed by atoms with E-state index < -0.39 is 0 Å². The third-order valence-electron chi connectivity index (χ3n) is 4.46. The highest BCUT2D eigenvalue weighted by atomic mass is 32.2. The quantitative estimate of drug-likeness (QED) is 0.908. The molecule has 0 amide bonds. The van der Waals surface area contributed by atoms with E-state index in [-0.39, 0.29) is 28.6 Å². The van der Waals surface area contributed by atoms with Gasteiger partial charge in [0.05, 0.1) is 12.0 Å². The van der Waals surface area contributed by atoms with Crippen LogP contribution in [0.5, 0.6) is 0 Å². The third kappa shape index (κ3) is 3.44. The van der Waals surface area contributed by atoms with E-state index in [2.05, 4.69) is 30.9 Å². The van der Waals surface area contributed by atoms with Gasteiger partial charge >= 0.3 is 0 Å². The van der Waals surface area contributed by atoms with Crippen molar-refractivity contribution in [2.24, 2.45) is 0 Å². The van der Waals surface area contributed by atoms with E-state index in [0.717, 1.165) is 5.56 Å². The molecule has 0 bridgehead atoms. The van der Waals surface area contributed by atoms with Crippen molar-refractivity contribution in [1.29, 1.82) is 0 Å². The number of aliphatic hydroxyl groups is 1. The molecular weight excluding hydrogens is 309 g/mol. The third-order valence-corrected chi connectivity index (χ3v) is 6.10. The lowest BCUT2D eigenvalue weighted by molar-refractivity contribution is 0.104. The molecule has 1 aliphatic rings. The van der Waals surface area contributed by atoms with E-state index in [1.54, 1.807) is 0 Å². The number of rotatable bonds is 4. The second-order valence-electron chi connectivity index (χ2n) is 6.48. The van der Waals surface area contributed by atoms with Gasteiger partial charge in [0.25, 0.3) is 0 Å². The molecule has 2 aromatic rings. The van der Waals surface area contributed by atoms with Crippen LogP contribution in [0.4, 0.5) is 4.39 Å². The predicted molar refractivity (Wildman–Crippen MR) is 93.7 cm³/mol. The topological polar surface area (TPSA) is 23.5 Å². The summed E-state index contributed by atoms with van der Waals surface area (Å²) in [6.07, 6.45) is 0. The Hall–Kier alpha value is -1.36. The maximum atomic E-state index is 13.2. The maximum Gasteiger partial charge on any atom is 0.123 e. The van der Waals surface area contributed by atoms with Crippen LogP contribution in [0, 0.1) is 5.82 Å². The highest BCUT2D eigenvalue weighted by molar-refractivity contribution is 8.01. The van der Waals surface area contributed by atoms with Crippen molar-refractivity contribution in [2.75, 3.05) is 6.61 Å². The molecule has 3 rings (SSSR count). The van der Waals surface area contributed by atoms with Gasteiger partial charge in [-0.15, -0.1) is 11.8 Å². The van der Waals surface area contributed by atoms with Gasteiger partial charge in [0.1, 0.15) is 5.82 Å². The number of halogens is 1. The van der Waals surface area contributed by atoms with Crippen LogP contribution in [0.25, 0.3) is 0 Å². The molecule has 4 heteroatoms. The lowest BCUT2D eigenvalue weighted by atomic mass is 10.0. The fourth-order valence-corrected chi connectivity index (χ4v) is 4.78. The van der Waals surface area contributed by atoms with Crippen LogP contribution in [-0.4, -0.2) is 27.4 Å². The number of benzene rings is 2. The van der Waals surface area contributed by atoms with Gasteiger partial charge in [-0.1, -0.05) is 42.5 Å².